The first-order chi connectivity index (χ1) is 19.3. The van der Waals surface area contributed by atoms with Gasteiger partial charge in [0.1, 0.15) is 0 Å². The Morgan fingerprint density at radius 1 is 0.659 bits per heavy atom. The van der Waals surface area contributed by atoms with Gasteiger partial charge in [0.2, 0.25) is 0 Å². The Hall–Kier alpha value is -3.36. The second kappa shape index (κ2) is 12.3. The van der Waals surface area contributed by atoms with E-state index < -0.39 is 54.8 Å². The summed E-state index contributed by atoms with van der Waals surface area (Å²) in [5, 5.41) is 0. The van der Waals surface area contributed by atoms with Crippen molar-refractivity contribution in [3.63, 3.8) is 0 Å². The van der Waals surface area contributed by atoms with Gasteiger partial charge >= 0.3 is 241 Å². The Morgan fingerprint density at radius 3 is 1.54 bits per heavy atom. The van der Waals surface area contributed by atoms with E-state index in [0.717, 1.165) is 24.3 Å². The fourth-order valence-electron chi connectivity index (χ4n) is 4.32. The normalized spacial score (nSPS) is 13.7. The molecule has 0 heterocycles. The maximum absolute atomic E-state index is 13.5. The monoisotopic (exact) mass is 601 g/mol. The summed E-state index contributed by atoms with van der Waals surface area (Å²) < 4.78 is 112. The van der Waals surface area contributed by atoms with Crippen LogP contribution >= 0.6 is 0 Å². The summed E-state index contributed by atoms with van der Waals surface area (Å²) in [5.74, 6) is 1.81. The molecule has 0 fully saturated rings. The van der Waals surface area contributed by atoms with Crippen LogP contribution in [-0.2, 0) is 22.4 Å². The second-order valence-corrected chi connectivity index (χ2v) is 11.8. The topological polar surface area (TPSA) is 48.2 Å². The number of nitrogens with zero attached hydrogens (tertiary/aromatic N) is 1. The Morgan fingerprint density at radius 2 is 1.10 bits per heavy atom. The van der Waals surface area contributed by atoms with Crippen molar-refractivity contribution in [1.29, 1.82) is 0 Å². The minimum absolute atomic E-state index is 0.0763. The van der Waals surface area contributed by atoms with Crippen molar-refractivity contribution in [2.24, 2.45) is 0 Å². The molecule has 4 aromatic carbocycles. The predicted octanol–water partition coefficient (Wildman–Crippen LogP) is 8.85. The van der Waals surface area contributed by atoms with Gasteiger partial charge in [-0.05, 0) is 0 Å². The molecular weight excluding hydrogens is 579 g/mol. The number of alkyl halides is 6. The third kappa shape index (κ3) is 7.29. The fourth-order valence-corrected chi connectivity index (χ4v) is 6.61. The Kier molecular flexibility index (Phi) is 9.14. The molecule has 1 atom stereocenters. The van der Waals surface area contributed by atoms with Crippen LogP contribution < -0.4 is 0 Å². The van der Waals surface area contributed by atoms with Crippen molar-refractivity contribution >= 4 is 35.3 Å². The van der Waals surface area contributed by atoms with E-state index in [9.17, 15) is 34.8 Å². The summed E-state index contributed by atoms with van der Waals surface area (Å²) in [6.07, 6.45) is -9.17. The van der Waals surface area contributed by atoms with Crippen LogP contribution in [0.1, 0.15) is 33.9 Å². The van der Waals surface area contributed by atoms with Gasteiger partial charge in [-0.25, -0.2) is 0 Å². The molecule has 0 N–H and O–H groups in total. The van der Waals surface area contributed by atoms with E-state index in [1.807, 2.05) is 5.79 Å². The SMILES string of the molecule is [CH3][Al+]/[C](=C(/c1ccc(C(F)(F)F)cc1)C([N-]S(=O)(=O)c1ccccc1)c1ccccc1)c1ccc(C(F)(F)F)cc1. The third-order valence-corrected chi connectivity index (χ3v) is 8.88. The van der Waals surface area contributed by atoms with Crippen LogP contribution in [0.4, 0.5) is 26.3 Å². The number of hydrogen-bond donors (Lipinski definition) is 0. The molecule has 0 aliphatic rings. The van der Waals surface area contributed by atoms with Gasteiger partial charge in [0, 0.05) is 0 Å². The quantitative estimate of drug-likeness (QED) is 0.115. The molecule has 0 amide bonds. The van der Waals surface area contributed by atoms with E-state index in [-0.39, 0.29) is 10.5 Å². The van der Waals surface area contributed by atoms with Crippen molar-refractivity contribution in [1.82, 2.24) is 0 Å². The molecule has 41 heavy (non-hydrogen) atoms. The van der Waals surface area contributed by atoms with E-state index in [0.29, 0.717) is 21.1 Å². The van der Waals surface area contributed by atoms with Crippen molar-refractivity contribution in [2.45, 2.75) is 29.1 Å². The van der Waals surface area contributed by atoms with Crippen molar-refractivity contribution in [2.75, 3.05) is 0 Å². The average molecular weight is 602 g/mol. The Bertz CT molecular complexity index is 1600. The third-order valence-electron chi connectivity index (χ3n) is 6.30. The summed E-state index contributed by atoms with van der Waals surface area (Å²) in [5.41, 5.74) is -0.369. The van der Waals surface area contributed by atoms with E-state index in [4.69, 9.17) is 0 Å². The number of sulfonamides is 1. The van der Waals surface area contributed by atoms with Crippen LogP contribution in [0.25, 0.3) is 14.7 Å². The molecule has 0 spiro atoms. The van der Waals surface area contributed by atoms with Gasteiger partial charge < -0.3 is 0 Å². The molecule has 0 aliphatic carbocycles. The van der Waals surface area contributed by atoms with E-state index >= 15 is 0 Å². The summed E-state index contributed by atoms with van der Waals surface area (Å²) in [7, 11) is -4.27. The second-order valence-electron chi connectivity index (χ2n) is 8.97. The van der Waals surface area contributed by atoms with Crippen molar-refractivity contribution < 1.29 is 34.8 Å². The molecule has 4 aromatic rings. The first kappa shape index (κ1) is 30.6. The standard InChI is InChI=1S/C29H19F6NO2S.CH3.Al/c30-28(31,32)23-15-11-20(12-16-23)19-26(21-13-17-24(18-14-21)29(33,34)35)27(22-7-3-1-4-8-22)36-39(37,38)25-9-5-2-6-10-25;;/h1-18,27H;1H3;/q-1;;+1. The van der Waals surface area contributed by atoms with Crippen LogP contribution in [0.15, 0.2) is 114 Å². The van der Waals surface area contributed by atoms with E-state index in [2.05, 4.69) is 4.72 Å². The van der Waals surface area contributed by atoms with Crippen LogP contribution in [0.3, 0.4) is 0 Å². The number of rotatable bonds is 8. The Labute approximate surface area is 240 Å². The summed E-state index contributed by atoms with van der Waals surface area (Å²) in [4.78, 5) is -0.0763. The van der Waals surface area contributed by atoms with Crippen LogP contribution in [0.2, 0.25) is 5.79 Å². The van der Waals surface area contributed by atoms with Crippen LogP contribution in [0.5, 0.6) is 0 Å². The summed E-state index contributed by atoms with van der Waals surface area (Å²) in [6.45, 7) is 0. The average Bonchev–Trinajstić information content (AvgIpc) is 2.95. The van der Waals surface area contributed by atoms with Gasteiger partial charge in [-0.1, -0.05) is 0 Å². The molecule has 0 saturated carbocycles. The van der Waals surface area contributed by atoms with Gasteiger partial charge in [0.15, 0.2) is 0 Å². The summed E-state index contributed by atoms with van der Waals surface area (Å²) in [6, 6.07) is 23.3. The molecule has 1 unspecified atom stereocenters. The fraction of sp³-hybridized carbons (Fsp3) is 0.133. The molecule has 0 saturated heterocycles. The minimum atomic E-state index is -4.60. The van der Waals surface area contributed by atoms with Crippen LogP contribution in [0, 0.1) is 0 Å². The van der Waals surface area contributed by atoms with Crippen molar-refractivity contribution in [3.05, 3.63) is 142 Å². The first-order valence-electron chi connectivity index (χ1n) is 12.3. The van der Waals surface area contributed by atoms with Gasteiger partial charge in [-0.15, -0.1) is 0 Å². The number of benzene rings is 4. The molecule has 3 nitrogen and oxygen atoms in total. The molecule has 0 aromatic heterocycles. The number of halogens is 6. The van der Waals surface area contributed by atoms with E-state index in [1.165, 1.54) is 48.5 Å². The predicted molar refractivity (Wildman–Crippen MR) is 147 cm³/mol. The van der Waals surface area contributed by atoms with Gasteiger partial charge in [-0.2, -0.15) is 0 Å². The molecule has 4 rings (SSSR count). The zero-order valence-corrected chi connectivity index (χ0v) is 23.5. The van der Waals surface area contributed by atoms with Gasteiger partial charge in [0.25, 0.3) is 0 Å². The molecule has 0 bridgehead atoms. The molecule has 0 aliphatic heterocycles. The molecule has 210 valence electrons. The molecule has 0 radical (unpaired) electrons. The van der Waals surface area contributed by atoms with Crippen molar-refractivity contribution in [3.8, 4) is 0 Å². The summed E-state index contributed by atoms with van der Waals surface area (Å²) >= 11 is -0.687. The molecular formula is C30H22AlF6NO2S. The molecule has 11 heteroatoms. The van der Waals surface area contributed by atoms with E-state index in [1.54, 1.807) is 36.4 Å². The maximum atomic E-state index is 13.5. The first-order valence-corrected chi connectivity index (χ1v) is 15.4. The zero-order valence-electron chi connectivity index (χ0n) is 21.5. The van der Waals surface area contributed by atoms with Gasteiger partial charge in [-0.3, -0.25) is 0 Å². The number of hydrogen-bond acceptors (Lipinski definition) is 2. The van der Waals surface area contributed by atoms with Gasteiger partial charge in [0.05, 0.1) is 0 Å². The zero-order chi connectivity index (χ0) is 29.8. The Balaban J connectivity index is 1.99. The van der Waals surface area contributed by atoms with Crippen LogP contribution in [-0.4, -0.2) is 23.6 Å².